The van der Waals surface area contributed by atoms with E-state index < -0.39 is 0 Å². The number of hydrogen-bond acceptors (Lipinski definition) is 5. The highest BCUT2D eigenvalue weighted by molar-refractivity contribution is 14.1. The molecule has 1 heterocycles. The van der Waals surface area contributed by atoms with Crippen LogP contribution >= 0.6 is 22.6 Å². The lowest BCUT2D eigenvalue weighted by atomic mass is 10.1. The van der Waals surface area contributed by atoms with Gasteiger partial charge in [0.1, 0.15) is 19.8 Å². The molecular weight excluding hydrogens is 615 g/mol. The van der Waals surface area contributed by atoms with Gasteiger partial charge in [-0.1, -0.05) is 117 Å². The Morgan fingerprint density at radius 3 is 1.57 bits per heavy atom. The summed E-state index contributed by atoms with van der Waals surface area (Å²) in [6, 6.07) is 0. The second-order valence-corrected chi connectivity index (χ2v) is 13.7. The maximum Gasteiger partial charge on any atom is 0.305 e. The molecule has 0 saturated carbocycles. The van der Waals surface area contributed by atoms with Gasteiger partial charge in [-0.2, -0.15) is 0 Å². The Balaban J connectivity index is 2.03. The Kier molecular flexibility index (Phi) is 23.6. The molecule has 1 aliphatic heterocycles. The van der Waals surface area contributed by atoms with Gasteiger partial charge in [-0.15, -0.1) is 0 Å². The monoisotopic (exact) mass is 679 g/mol. The van der Waals surface area contributed by atoms with E-state index >= 15 is 0 Å². The molecule has 0 spiro atoms. The van der Waals surface area contributed by atoms with Crippen molar-refractivity contribution < 1.29 is 23.5 Å². The highest BCUT2D eigenvalue weighted by atomic mass is 127. The average molecular weight is 680 g/mol. The molecule has 0 radical (unpaired) electrons. The minimum atomic E-state index is -0.0455. The Hall–Kier alpha value is -0.410. The number of quaternary nitrogens is 1. The number of nitrogens with zero attached hydrogens (tertiary/aromatic N) is 2. The van der Waals surface area contributed by atoms with Gasteiger partial charge in [0.15, 0.2) is 4.05 Å². The third kappa shape index (κ3) is 19.7. The second kappa shape index (κ2) is 25.1. The van der Waals surface area contributed by atoms with E-state index in [4.69, 9.17) is 9.47 Å². The number of piperazine rings is 1. The zero-order valence-corrected chi connectivity index (χ0v) is 28.7. The third-order valence-corrected chi connectivity index (χ3v) is 10.3. The molecule has 0 bridgehead atoms. The van der Waals surface area contributed by atoms with Crippen molar-refractivity contribution in [3.63, 3.8) is 0 Å². The summed E-state index contributed by atoms with van der Waals surface area (Å²) < 4.78 is 12.5. The van der Waals surface area contributed by atoms with E-state index in [-0.39, 0.29) is 11.9 Å². The molecule has 1 fully saturated rings. The van der Waals surface area contributed by atoms with Gasteiger partial charge in [-0.05, 0) is 35.4 Å². The standard InChI is InChI=1S/C33H64IN2O4/c1-4-6-8-10-12-14-16-18-20-22-32(37)39-28-25-35-24-26-36(3,31(34)30-35)27-29-40-33(38)23-21-19-17-15-13-11-9-7-5-2/h31H,4-30H2,1-3H3/q+1. The van der Waals surface area contributed by atoms with Gasteiger partial charge in [-0.25, -0.2) is 0 Å². The van der Waals surface area contributed by atoms with E-state index in [0.29, 0.717) is 30.1 Å². The fourth-order valence-corrected chi connectivity index (χ4v) is 6.54. The molecular formula is C33H64IN2O4+. The van der Waals surface area contributed by atoms with Crippen molar-refractivity contribution in [2.75, 3.05) is 53.0 Å². The Morgan fingerprint density at radius 2 is 1.12 bits per heavy atom. The number of carbonyl (C=O) groups is 2. The molecule has 0 amide bonds. The van der Waals surface area contributed by atoms with Gasteiger partial charge in [0.05, 0.1) is 20.1 Å². The molecule has 0 N–H and O–H groups in total. The van der Waals surface area contributed by atoms with Crippen LogP contribution in [0.15, 0.2) is 0 Å². The summed E-state index contributed by atoms with van der Waals surface area (Å²) in [4.78, 5) is 26.7. The number of esters is 2. The van der Waals surface area contributed by atoms with Crippen molar-refractivity contribution in [3.8, 4) is 0 Å². The fraction of sp³-hybridized carbons (Fsp3) is 0.939. The first-order chi connectivity index (χ1) is 19.4. The van der Waals surface area contributed by atoms with Crippen molar-refractivity contribution >= 4 is 34.5 Å². The first kappa shape index (κ1) is 37.6. The lowest BCUT2D eigenvalue weighted by molar-refractivity contribution is -0.919. The van der Waals surface area contributed by atoms with Crippen molar-refractivity contribution in [1.29, 1.82) is 0 Å². The van der Waals surface area contributed by atoms with E-state index in [2.05, 4.69) is 48.4 Å². The zero-order chi connectivity index (χ0) is 29.3. The van der Waals surface area contributed by atoms with E-state index in [9.17, 15) is 9.59 Å². The number of alkyl halides is 1. The summed E-state index contributed by atoms with van der Waals surface area (Å²) >= 11 is 2.54. The summed E-state index contributed by atoms with van der Waals surface area (Å²) in [6.07, 6.45) is 23.8. The topological polar surface area (TPSA) is 55.8 Å². The third-order valence-electron chi connectivity index (χ3n) is 8.52. The second-order valence-electron chi connectivity index (χ2n) is 12.3. The Morgan fingerprint density at radius 1 is 0.700 bits per heavy atom. The molecule has 6 nitrogen and oxygen atoms in total. The van der Waals surface area contributed by atoms with E-state index in [1.165, 1.54) is 89.9 Å². The van der Waals surface area contributed by atoms with Crippen LogP contribution in [-0.2, 0) is 19.1 Å². The van der Waals surface area contributed by atoms with E-state index in [0.717, 1.165) is 62.9 Å². The highest BCUT2D eigenvalue weighted by Gasteiger charge is 2.36. The van der Waals surface area contributed by atoms with E-state index in [1.54, 1.807) is 0 Å². The van der Waals surface area contributed by atoms with E-state index in [1.807, 2.05) is 0 Å². The molecule has 2 atom stereocenters. The van der Waals surface area contributed by atoms with Gasteiger partial charge in [0.25, 0.3) is 0 Å². The van der Waals surface area contributed by atoms with Crippen LogP contribution in [0.1, 0.15) is 142 Å². The highest BCUT2D eigenvalue weighted by Crippen LogP contribution is 2.23. The largest absolute Gasteiger partial charge is 0.464 e. The Labute approximate surface area is 261 Å². The van der Waals surface area contributed by atoms with Crippen LogP contribution in [-0.4, -0.2) is 78.4 Å². The van der Waals surface area contributed by atoms with Crippen LogP contribution in [0.5, 0.6) is 0 Å². The van der Waals surface area contributed by atoms with Crippen LogP contribution in [0.3, 0.4) is 0 Å². The average Bonchev–Trinajstić information content (AvgIpc) is 2.93. The predicted octanol–water partition coefficient (Wildman–Crippen LogP) is 8.44. The minimum Gasteiger partial charge on any atom is -0.464 e. The molecule has 0 aromatic rings. The lowest BCUT2D eigenvalue weighted by Crippen LogP contribution is -2.62. The first-order valence-electron chi connectivity index (χ1n) is 16.9. The summed E-state index contributed by atoms with van der Waals surface area (Å²) in [5.41, 5.74) is 0. The van der Waals surface area contributed by atoms with Gasteiger partial charge in [-0.3, -0.25) is 14.5 Å². The smallest absolute Gasteiger partial charge is 0.305 e. The molecule has 0 aromatic carbocycles. The molecule has 40 heavy (non-hydrogen) atoms. The van der Waals surface area contributed by atoms with Crippen molar-refractivity contribution in [2.24, 2.45) is 0 Å². The van der Waals surface area contributed by atoms with Crippen molar-refractivity contribution in [1.82, 2.24) is 4.90 Å². The van der Waals surface area contributed by atoms with Crippen molar-refractivity contribution in [3.05, 3.63) is 0 Å². The molecule has 2 unspecified atom stereocenters. The van der Waals surface area contributed by atoms with Crippen LogP contribution < -0.4 is 0 Å². The number of unbranched alkanes of at least 4 members (excludes halogenated alkanes) is 16. The lowest BCUT2D eigenvalue weighted by Gasteiger charge is -2.45. The van der Waals surface area contributed by atoms with Gasteiger partial charge >= 0.3 is 11.9 Å². The van der Waals surface area contributed by atoms with Crippen LogP contribution in [0, 0.1) is 0 Å². The van der Waals surface area contributed by atoms with Crippen LogP contribution in [0.2, 0.25) is 0 Å². The van der Waals surface area contributed by atoms with Crippen LogP contribution in [0.4, 0.5) is 0 Å². The summed E-state index contributed by atoms with van der Waals surface area (Å²) in [5, 5.41) is 0. The van der Waals surface area contributed by atoms with Gasteiger partial charge in [0, 0.05) is 25.9 Å². The molecule has 0 aromatic heterocycles. The maximum atomic E-state index is 12.2. The predicted molar refractivity (Wildman–Crippen MR) is 176 cm³/mol. The number of likely N-dealkylation sites (N-methyl/N-ethyl adjacent to an activating group) is 1. The van der Waals surface area contributed by atoms with Crippen molar-refractivity contribution in [2.45, 2.75) is 146 Å². The number of rotatable bonds is 26. The summed E-state index contributed by atoms with van der Waals surface area (Å²) in [6.45, 7) is 10.1. The molecule has 1 rings (SSSR count). The molecule has 1 aliphatic rings. The molecule has 236 valence electrons. The maximum absolute atomic E-state index is 12.2. The number of halogens is 1. The number of hydrogen-bond donors (Lipinski definition) is 0. The summed E-state index contributed by atoms with van der Waals surface area (Å²) in [7, 11) is 2.27. The molecule has 0 aliphatic carbocycles. The minimum absolute atomic E-state index is 0.0394. The Bertz CT molecular complexity index is 636. The number of carbonyl (C=O) groups excluding carboxylic acids is 2. The molecule has 1 saturated heterocycles. The normalized spacial score (nSPS) is 19.6. The van der Waals surface area contributed by atoms with Gasteiger partial charge in [0.2, 0.25) is 0 Å². The van der Waals surface area contributed by atoms with Crippen LogP contribution in [0.25, 0.3) is 0 Å². The SMILES string of the molecule is CCCCCCCCCCCC(=O)OCCN1CC[N+](C)(CCOC(=O)CCCCCCCCCCC)C(I)C1. The quantitative estimate of drug-likeness (QED) is 0.0230. The molecule has 7 heteroatoms. The fourth-order valence-electron chi connectivity index (χ4n) is 5.43. The zero-order valence-electron chi connectivity index (χ0n) is 26.6. The first-order valence-corrected chi connectivity index (χ1v) is 18.2. The summed E-state index contributed by atoms with van der Waals surface area (Å²) in [5.74, 6) is -0.0850. The number of ether oxygens (including phenoxy) is 2. The van der Waals surface area contributed by atoms with Gasteiger partial charge < -0.3 is 14.0 Å².